The number of hydrogen-bond acceptors (Lipinski definition) is 6. The molecule has 1 N–H and O–H groups in total. The summed E-state index contributed by atoms with van der Waals surface area (Å²) in [4.78, 5) is 4.40. The Balaban J connectivity index is 1.87. The monoisotopic (exact) mass is 454 g/mol. The molecular weight excluding hydrogens is 440 g/mol. The zero-order chi connectivity index (χ0) is 18.7. The smallest absolute Gasteiger partial charge is 0.267 e. The zero-order valence-electron chi connectivity index (χ0n) is 13.9. The van der Waals surface area contributed by atoms with Gasteiger partial charge < -0.3 is 9.47 Å². The maximum atomic E-state index is 12.7. The van der Waals surface area contributed by atoms with Crippen molar-refractivity contribution < 1.29 is 17.9 Å². The van der Waals surface area contributed by atoms with Crippen LogP contribution in [0.15, 0.2) is 57.2 Å². The molecule has 26 heavy (non-hydrogen) atoms. The molecule has 0 aliphatic heterocycles. The number of hydrogen-bond donors (Lipinski definition) is 1. The lowest BCUT2D eigenvalue weighted by molar-refractivity contribution is 0.403. The lowest BCUT2D eigenvalue weighted by atomic mass is 10.2. The molecule has 6 nitrogen and oxygen atoms in total. The van der Waals surface area contributed by atoms with Gasteiger partial charge in [0.2, 0.25) is 0 Å². The minimum Gasteiger partial charge on any atom is -0.497 e. The maximum absolute atomic E-state index is 12.7. The number of nitrogens with one attached hydrogen (secondary N) is 1. The number of halogens is 1. The second kappa shape index (κ2) is 7.65. The van der Waals surface area contributed by atoms with Gasteiger partial charge in [0.1, 0.15) is 16.4 Å². The minimum atomic E-state index is -3.84. The fraction of sp³-hybridized carbons (Fsp3) is 0.118. The summed E-state index contributed by atoms with van der Waals surface area (Å²) in [6.07, 6.45) is 0. The Kier molecular flexibility index (Phi) is 5.49. The Bertz CT molecular complexity index is 1020. The fourth-order valence-electron chi connectivity index (χ4n) is 2.25. The number of ether oxygens (including phenoxy) is 2. The highest BCUT2D eigenvalue weighted by atomic mass is 79.9. The average Bonchev–Trinajstić information content (AvgIpc) is 3.09. The van der Waals surface area contributed by atoms with Gasteiger partial charge in [-0.1, -0.05) is 15.9 Å². The van der Waals surface area contributed by atoms with Crippen molar-refractivity contribution in [3.63, 3.8) is 0 Å². The maximum Gasteiger partial charge on any atom is 0.267 e. The van der Waals surface area contributed by atoms with Crippen molar-refractivity contribution >= 4 is 42.4 Å². The van der Waals surface area contributed by atoms with Crippen LogP contribution in [0.25, 0.3) is 11.3 Å². The topological polar surface area (TPSA) is 77.5 Å². The van der Waals surface area contributed by atoms with Crippen LogP contribution >= 0.6 is 27.3 Å². The highest BCUT2D eigenvalue weighted by Crippen LogP contribution is 2.31. The normalized spacial score (nSPS) is 11.2. The molecule has 0 unspecified atom stereocenters. The van der Waals surface area contributed by atoms with Crippen molar-refractivity contribution in [2.45, 2.75) is 4.90 Å². The Morgan fingerprint density at radius 1 is 1.08 bits per heavy atom. The first-order chi connectivity index (χ1) is 12.4. The van der Waals surface area contributed by atoms with Crippen LogP contribution in [0.2, 0.25) is 0 Å². The first-order valence-corrected chi connectivity index (χ1v) is 10.5. The third-order valence-electron chi connectivity index (χ3n) is 3.53. The van der Waals surface area contributed by atoms with E-state index in [0.717, 1.165) is 11.3 Å². The van der Waals surface area contributed by atoms with Gasteiger partial charge >= 0.3 is 0 Å². The van der Waals surface area contributed by atoms with Gasteiger partial charge in [0.15, 0.2) is 5.13 Å². The Hall–Kier alpha value is -2.10. The molecule has 0 radical (unpaired) electrons. The first-order valence-electron chi connectivity index (χ1n) is 7.39. The lowest BCUT2D eigenvalue weighted by Gasteiger charge is -2.10. The van der Waals surface area contributed by atoms with E-state index in [0.29, 0.717) is 10.2 Å². The van der Waals surface area contributed by atoms with Crippen molar-refractivity contribution in [1.82, 2.24) is 4.98 Å². The van der Waals surface area contributed by atoms with E-state index in [2.05, 4.69) is 25.6 Å². The van der Waals surface area contributed by atoms with Gasteiger partial charge in [0.25, 0.3) is 10.0 Å². The number of sulfonamides is 1. The van der Waals surface area contributed by atoms with Crippen LogP contribution < -0.4 is 14.2 Å². The number of thiazole rings is 1. The van der Waals surface area contributed by atoms with Crippen molar-refractivity contribution in [3.05, 3.63) is 52.3 Å². The van der Waals surface area contributed by atoms with Gasteiger partial charge in [-0.25, -0.2) is 13.4 Å². The van der Waals surface area contributed by atoms with Crippen LogP contribution in [0.1, 0.15) is 0 Å². The van der Waals surface area contributed by atoms with Crippen molar-refractivity contribution in [2.24, 2.45) is 0 Å². The predicted octanol–water partition coefficient (Wildman–Crippen LogP) is 4.39. The molecule has 9 heteroatoms. The molecule has 0 amide bonds. The Labute approximate surface area is 164 Å². The molecule has 0 saturated heterocycles. The molecule has 0 bridgehead atoms. The molecule has 0 aliphatic rings. The summed E-state index contributed by atoms with van der Waals surface area (Å²) >= 11 is 4.49. The van der Waals surface area contributed by atoms with E-state index < -0.39 is 10.0 Å². The van der Waals surface area contributed by atoms with E-state index in [4.69, 9.17) is 9.47 Å². The van der Waals surface area contributed by atoms with Crippen LogP contribution in [0.5, 0.6) is 11.5 Å². The Morgan fingerprint density at radius 3 is 2.46 bits per heavy atom. The number of methoxy groups -OCH3 is 2. The number of benzene rings is 2. The number of nitrogens with zero attached hydrogens (tertiary/aromatic N) is 1. The second-order valence-electron chi connectivity index (χ2n) is 5.17. The van der Waals surface area contributed by atoms with Crippen LogP contribution in [0.3, 0.4) is 0 Å². The summed E-state index contributed by atoms with van der Waals surface area (Å²) in [7, 11) is -0.813. The Morgan fingerprint density at radius 2 is 1.81 bits per heavy atom. The summed E-state index contributed by atoms with van der Waals surface area (Å²) in [5.41, 5.74) is 1.55. The second-order valence-corrected chi connectivity index (χ2v) is 8.59. The van der Waals surface area contributed by atoms with E-state index in [1.807, 2.05) is 24.3 Å². The zero-order valence-corrected chi connectivity index (χ0v) is 17.1. The molecule has 0 aliphatic carbocycles. The summed E-state index contributed by atoms with van der Waals surface area (Å²) in [6, 6.07) is 12.2. The molecular formula is C17H15BrN2O4S2. The molecule has 0 atom stereocenters. The molecule has 0 spiro atoms. The van der Waals surface area contributed by atoms with Gasteiger partial charge in [0.05, 0.1) is 19.9 Å². The fourth-order valence-corrected chi connectivity index (χ4v) is 4.93. The molecule has 0 saturated carbocycles. The third kappa shape index (κ3) is 4.00. The molecule has 2 aromatic carbocycles. The molecule has 3 rings (SSSR count). The van der Waals surface area contributed by atoms with Gasteiger partial charge in [-0.05, 0) is 42.5 Å². The van der Waals surface area contributed by atoms with E-state index in [1.165, 1.54) is 24.5 Å². The first kappa shape index (κ1) is 18.7. The van der Waals surface area contributed by atoms with Crippen molar-refractivity contribution in [1.29, 1.82) is 0 Å². The summed E-state index contributed by atoms with van der Waals surface area (Å²) in [6.45, 7) is 0. The van der Waals surface area contributed by atoms with Gasteiger partial charge in [0, 0.05) is 15.4 Å². The molecule has 136 valence electrons. The lowest BCUT2D eigenvalue weighted by Crippen LogP contribution is -2.14. The minimum absolute atomic E-state index is 0.0376. The van der Waals surface area contributed by atoms with E-state index >= 15 is 0 Å². The molecule has 1 heterocycles. The highest BCUT2D eigenvalue weighted by Gasteiger charge is 2.21. The summed E-state index contributed by atoms with van der Waals surface area (Å²) < 4.78 is 38.8. The van der Waals surface area contributed by atoms with Gasteiger partial charge in [-0.15, -0.1) is 11.3 Å². The van der Waals surface area contributed by atoms with Crippen LogP contribution in [-0.4, -0.2) is 27.6 Å². The van der Waals surface area contributed by atoms with Crippen LogP contribution in [0, 0.1) is 0 Å². The number of aromatic nitrogens is 1. The standard InChI is InChI=1S/C17H15BrN2O4S2/c1-23-13-6-3-11(4-7-13)14-10-25-17(19-14)20-26(21,22)16-9-12(18)5-8-15(16)24-2/h3-10H,1-2H3,(H,19,20). The van der Waals surface area contributed by atoms with E-state index in [9.17, 15) is 8.42 Å². The molecule has 0 fully saturated rings. The molecule has 3 aromatic rings. The summed E-state index contributed by atoms with van der Waals surface area (Å²) in [5.74, 6) is 0.999. The van der Waals surface area contributed by atoms with Crippen molar-refractivity contribution in [3.8, 4) is 22.8 Å². The van der Waals surface area contributed by atoms with Gasteiger partial charge in [-0.2, -0.15) is 0 Å². The van der Waals surface area contributed by atoms with Gasteiger partial charge in [-0.3, -0.25) is 4.72 Å². The SMILES string of the molecule is COc1ccc(-c2csc(NS(=O)(=O)c3cc(Br)ccc3OC)n2)cc1. The largest absolute Gasteiger partial charge is 0.497 e. The highest BCUT2D eigenvalue weighted by molar-refractivity contribution is 9.10. The van der Waals surface area contributed by atoms with Crippen LogP contribution in [0.4, 0.5) is 5.13 Å². The van der Waals surface area contributed by atoms with Crippen LogP contribution in [-0.2, 0) is 10.0 Å². The van der Waals surface area contributed by atoms with E-state index in [1.54, 1.807) is 24.6 Å². The van der Waals surface area contributed by atoms with Crippen molar-refractivity contribution in [2.75, 3.05) is 18.9 Å². The predicted molar refractivity (Wildman–Crippen MR) is 106 cm³/mol. The quantitative estimate of drug-likeness (QED) is 0.597. The number of anilines is 1. The molecule has 1 aromatic heterocycles. The third-order valence-corrected chi connectivity index (χ3v) is 6.27. The number of rotatable bonds is 6. The van der Waals surface area contributed by atoms with E-state index in [-0.39, 0.29) is 15.8 Å². The summed E-state index contributed by atoms with van der Waals surface area (Å²) in [5, 5.41) is 2.07. The average molecular weight is 455 g/mol.